The number of carbonyl (C=O) groups excluding carboxylic acids is 1. The highest BCUT2D eigenvalue weighted by Gasteiger charge is 2.31. The van der Waals surface area contributed by atoms with Gasteiger partial charge in [-0.25, -0.2) is 0 Å². The Bertz CT molecular complexity index is 505. The van der Waals surface area contributed by atoms with E-state index in [2.05, 4.69) is 15.4 Å². The van der Waals surface area contributed by atoms with E-state index < -0.39 is 18.0 Å². The van der Waals surface area contributed by atoms with E-state index in [4.69, 9.17) is 0 Å². The first kappa shape index (κ1) is 15.6. The van der Waals surface area contributed by atoms with Crippen LogP contribution in [0.3, 0.4) is 0 Å². The minimum absolute atomic E-state index is 0.0292. The van der Waals surface area contributed by atoms with Crippen LogP contribution in [-0.2, 0) is 0 Å². The molecule has 21 heavy (non-hydrogen) atoms. The molecule has 2 rings (SSSR count). The molecule has 1 fully saturated rings. The third-order valence-corrected chi connectivity index (χ3v) is 3.47. The van der Waals surface area contributed by atoms with Gasteiger partial charge in [0.15, 0.2) is 0 Å². The highest BCUT2D eigenvalue weighted by Crippen LogP contribution is 2.23. The first-order valence-corrected chi connectivity index (χ1v) is 6.72. The molecule has 0 aliphatic carbocycles. The predicted molar refractivity (Wildman–Crippen MR) is 71.0 cm³/mol. The van der Waals surface area contributed by atoms with Crippen LogP contribution in [0.5, 0.6) is 5.75 Å². The molecular formula is C14H17F3N2O2. The minimum Gasteiger partial charge on any atom is -0.406 e. The molecule has 1 aromatic carbocycles. The Morgan fingerprint density at radius 1 is 1.43 bits per heavy atom. The van der Waals surface area contributed by atoms with Gasteiger partial charge in [0.05, 0.1) is 0 Å². The lowest BCUT2D eigenvalue weighted by atomic mass is 9.94. The van der Waals surface area contributed by atoms with Crippen LogP contribution < -0.4 is 15.4 Å². The number of carbonyl (C=O) groups is 1. The van der Waals surface area contributed by atoms with E-state index in [1.165, 1.54) is 12.1 Å². The van der Waals surface area contributed by atoms with Gasteiger partial charge in [0.1, 0.15) is 5.75 Å². The zero-order valence-corrected chi connectivity index (χ0v) is 11.5. The van der Waals surface area contributed by atoms with Gasteiger partial charge in [0.25, 0.3) is 5.91 Å². The Hall–Kier alpha value is -1.76. The summed E-state index contributed by atoms with van der Waals surface area (Å²) in [5.41, 5.74) is 0.148. The van der Waals surface area contributed by atoms with Gasteiger partial charge in [-0.15, -0.1) is 13.2 Å². The third kappa shape index (κ3) is 4.63. The quantitative estimate of drug-likeness (QED) is 0.901. The van der Waals surface area contributed by atoms with E-state index in [9.17, 15) is 18.0 Å². The molecule has 0 spiro atoms. The lowest BCUT2D eigenvalue weighted by Crippen LogP contribution is -2.50. The standard InChI is InChI=1S/C14H17F3N2O2/c1-9-5-6-18-8-12(9)19-13(20)10-3-2-4-11(7-10)21-14(15,16)17/h2-4,7,9,12,18H,5-6,8H2,1H3,(H,19,20). The molecule has 1 amide bonds. The number of ether oxygens (including phenoxy) is 1. The summed E-state index contributed by atoms with van der Waals surface area (Å²) in [6, 6.07) is 5.04. The molecule has 0 bridgehead atoms. The molecule has 1 aromatic rings. The number of hydrogen-bond donors (Lipinski definition) is 2. The van der Waals surface area contributed by atoms with E-state index in [1.807, 2.05) is 6.92 Å². The van der Waals surface area contributed by atoms with E-state index in [-0.39, 0.29) is 11.6 Å². The number of nitrogens with one attached hydrogen (secondary N) is 2. The molecule has 0 saturated carbocycles. The van der Waals surface area contributed by atoms with Crippen molar-refractivity contribution in [3.8, 4) is 5.75 Å². The van der Waals surface area contributed by atoms with Gasteiger partial charge in [-0.3, -0.25) is 4.79 Å². The van der Waals surface area contributed by atoms with Crippen LogP contribution >= 0.6 is 0 Å². The highest BCUT2D eigenvalue weighted by atomic mass is 19.4. The molecule has 1 saturated heterocycles. The van der Waals surface area contributed by atoms with Gasteiger partial charge < -0.3 is 15.4 Å². The maximum absolute atomic E-state index is 12.2. The monoisotopic (exact) mass is 302 g/mol. The Morgan fingerprint density at radius 3 is 2.86 bits per heavy atom. The van der Waals surface area contributed by atoms with Crippen LogP contribution in [0.25, 0.3) is 0 Å². The van der Waals surface area contributed by atoms with Crippen molar-refractivity contribution in [1.29, 1.82) is 0 Å². The van der Waals surface area contributed by atoms with Gasteiger partial charge in [0.2, 0.25) is 0 Å². The van der Waals surface area contributed by atoms with Gasteiger partial charge in [0, 0.05) is 18.2 Å². The SMILES string of the molecule is CC1CCNCC1NC(=O)c1cccc(OC(F)(F)F)c1. The van der Waals surface area contributed by atoms with Gasteiger partial charge in [-0.2, -0.15) is 0 Å². The van der Waals surface area contributed by atoms with E-state index >= 15 is 0 Å². The summed E-state index contributed by atoms with van der Waals surface area (Å²) in [5.74, 6) is -0.474. The predicted octanol–water partition coefficient (Wildman–Crippen LogP) is 2.31. The second-order valence-corrected chi connectivity index (χ2v) is 5.13. The average molecular weight is 302 g/mol. The molecule has 0 aromatic heterocycles. The number of alkyl halides is 3. The number of hydrogen-bond acceptors (Lipinski definition) is 3. The summed E-state index contributed by atoms with van der Waals surface area (Å²) in [6.07, 6.45) is -3.82. The maximum Gasteiger partial charge on any atom is 0.573 e. The molecule has 2 atom stereocenters. The first-order chi connectivity index (χ1) is 9.85. The van der Waals surface area contributed by atoms with Crippen molar-refractivity contribution < 1.29 is 22.7 Å². The van der Waals surface area contributed by atoms with E-state index in [0.29, 0.717) is 12.5 Å². The van der Waals surface area contributed by atoms with E-state index in [1.54, 1.807) is 0 Å². The second-order valence-electron chi connectivity index (χ2n) is 5.13. The van der Waals surface area contributed by atoms with Crippen molar-refractivity contribution in [2.24, 2.45) is 5.92 Å². The number of amides is 1. The van der Waals surface area contributed by atoms with Crippen molar-refractivity contribution in [1.82, 2.24) is 10.6 Å². The summed E-state index contributed by atoms with van der Waals surface area (Å²) in [6.45, 7) is 3.60. The summed E-state index contributed by atoms with van der Waals surface area (Å²) >= 11 is 0. The first-order valence-electron chi connectivity index (χ1n) is 6.72. The minimum atomic E-state index is -4.77. The lowest BCUT2D eigenvalue weighted by molar-refractivity contribution is -0.274. The fourth-order valence-electron chi connectivity index (χ4n) is 2.27. The molecule has 7 heteroatoms. The lowest BCUT2D eigenvalue weighted by Gasteiger charge is -2.30. The smallest absolute Gasteiger partial charge is 0.406 e. The number of benzene rings is 1. The van der Waals surface area contributed by atoms with Gasteiger partial charge >= 0.3 is 6.36 Å². The fourth-order valence-corrected chi connectivity index (χ4v) is 2.27. The van der Waals surface area contributed by atoms with Crippen LogP contribution in [0.4, 0.5) is 13.2 Å². The van der Waals surface area contributed by atoms with Crippen molar-refractivity contribution in [3.63, 3.8) is 0 Å². The Labute approximate surface area is 120 Å². The Balaban J connectivity index is 2.03. The van der Waals surface area contributed by atoms with Crippen LogP contribution in [0.2, 0.25) is 0 Å². The second kappa shape index (κ2) is 6.34. The zero-order valence-electron chi connectivity index (χ0n) is 11.5. The van der Waals surface area contributed by atoms with E-state index in [0.717, 1.165) is 25.1 Å². The van der Waals surface area contributed by atoms with Crippen LogP contribution in [-0.4, -0.2) is 31.4 Å². The molecular weight excluding hydrogens is 285 g/mol. The zero-order chi connectivity index (χ0) is 15.5. The van der Waals surface area contributed by atoms with Crippen molar-refractivity contribution in [3.05, 3.63) is 29.8 Å². The maximum atomic E-state index is 12.2. The Kier molecular flexibility index (Phi) is 4.72. The van der Waals surface area contributed by atoms with Gasteiger partial charge in [-0.1, -0.05) is 13.0 Å². The number of halogens is 3. The fraction of sp³-hybridized carbons (Fsp3) is 0.500. The molecule has 0 radical (unpaired) electrons. The van der Waals surface area contributed by atoms with Crippen LogP contribution in [0.15, 0.2) is 24.3 Å². The largest absolute Gasteiger partial charge is 0.573 e. The topological polar surface area (TPSA) is 50.4 Å². The average Bonchev–Trinajstić information content (AvgIpc) is 2.39. The Morgan fingerprint density at radius 2 is 2.19 bits per heavy atom. The number of rotatable bonds is 3. The molecule has 1 heterocycles. The molecule has 2 N–H and O–H groups in total. The molecule has 1 aliphatic rings. The third-order valence-electron chi connectivity index (χ3n) is 3.47. The molecule has 116 valence electrons. The molecule has 1 aliphatic heterocycles. The molecule has 4 nitrogen and oxygen atoms in total. The number of piperidine rings is 1. The summed E-state index contributed by atoms with van der Waals surface area (Å²) in [5, 5.41) is 6.01. The highest BCUT2D eigenvalue weighted by molar-refractivity contribution is 5.94. The summed E-state index contributed by atoms with van der Waals surface area (Å²) < 4.78 is 40.3. The van der Waals surface area contributed by atoms with Crippen molar-refractivity contribution in [2.45, 2.75) is 25.7 Å². The van der Waals surface area contributed by atoms with Crippen molar-refractivity contribution in [2.75, 3.05) is 13.1 Å². The summed E-state index contributed by atoms with van der Waals surface area (Å²) in [7, 11) is 0. The van der Waals surface area contributed by atoms with Gasteiger partial charge in [-0.05, 0) is 37.1 Å². The van der Waals surface area contributed by atoms with Crippen molar-refractivity contribution >= 4 is 5.91 Å². The van der Waals surface area contributed by atoms with Crippen LogP contribution in [0.1, 0.15) is 23.7 Å². The summed E-state index contributed by atoms with van der Waals surface area (Å²) in [4.78, 5) is 12.1. The van der Waals surface area contributed by atoms with Crippen LogP contribution in [0, 0.1) is 5.92 Å². The normalized spacial score (nSPS) is 22.7. The molecule has 2 unspecified atom stereocenters.